The smallest absolute Gasteiger partial charge is 0.261 e. The fourth-order valence-electron chi connectivity index (χ4n) is 3.53. The first-order chi connectivity index (χ1) is 15.0. The van der Waals surface area contributed by atoms with Gasteiger partial charge >= 0.3 is 0 Å². The number of ether oxygens (including phenoxy) is 1. The van der Waals surface area contributed by atoms with Crippen molar-refractivity contribution in [3.63, 3.8) is 0 Å². The Morgan fingerprint density at radius 1 is 1.13 bits per heavy atom. The van der Waals surface area contributed by atoms with Crippen LogP contribution in [0.2, 0.25) is 0 Å². The number of aryl methyl sites for hydroxylation is 3. The average molecular weight is 436 g/mol. The van der Waals surface area contributed by atoms with Crippen LogP contribution in [0.25, 0.3) is 10.2 Å². The molecule has 0 aliphatic heterocycles. The maximum atomic E-state index is 12.9. The molecule has 0 bridgehead atoms. The van der Waals surface area contributed by atoms with Gasteiger partial charge in [0.05, 0.1) is 17.7 Å². The SMILES string of the molecule is CCc1nc(C)c2c(C)c(C(=O)NCc3cccc(COCc4ccco4)c3)sc2n1. The first-order valence-corrected chi connectivity index (χ1v) is 11.1. The van der Waals surface area contributed by atoms with Gasteiger partial charge in [0.2, 0.25) is 0 Å². The summed E-state index contributed by atoms with van der Waals surface area (Å²) in [7, 11) is 0. The molecule has 0 saturated carbocycles. The van der Waals surface area contributed by atoms with Crippen LogP contribution in [0, 0.1) is 13.8 Å². The molecule has 1 N–H and O–H groups in total. The van der Waals surface area contributed by atoms with E-state index in [0.717, 1.165) is 50.6 Å². The van der Waals surface area contributed by atoms with Crippen molar-refractivity contribution in [2.75, 3.05) is 0 Å². The highest BCUT2D eigenvalue weighted by Gasteiger charge is 2.18. The van der Waals surface area contributed by atoms with E-state index in [0.29, 0.717) is 24.6 Å². The third kappa shape index (κ3) is 4.84. The van der Waals surface area contributed by atoms with Crippen molar-refractivity contribution in [1.29, 1.82) is 0 Å². The molecule has 160 valence electrons. The number of nitrogens with one attached hydrogen (secondary N) is 1. The molecule has 7 heteroatoms. The second-order valence-electron chi connectivity index (χ2n) is 7.39. The Kier molecular flexibility index (Phi) is 6.44. The molecule has 4 aromatic rings. The van der Waals surface area contributed by atoms with E-state index in [1.165, 1.54) is 11.3 Å². The molecule has 0 aliphatic carbocycles. The molecule has 1 aromatic carbocycles. The predicted octanol–water partition coefficient (Wildman–Crippen LogP) is 5.11. The number of rotatable bonds is 8. The van der Waals surface area contributed by atoms with Gasteiger partial charge in [0.1, 0.15) is 23.0 Å². The molecule has 0 radical (unpaired) electrons. The van der Waals surface area contributed by atoms with Crippen LogP contribution in [0.15, 0.2) is 47.1 Å². The first kappa shape index (κ1) is 21.2. The molecule has 6 nitrogen and oxygen atoms in total. The molecule has 0 saturated heterocycles. The molecule has 3 aromatic heterocycles. The van der Waals surface area contributed by atoms with E-state index < -0.39 is 0 Å². The van der Waals surface area contributed by atoms with Crippen LogP contribution in [-0.2, 0) is 30.9 Å². The number of aromatic nitrogens is 2. The summed E-state index contributed by atoms with van der Waals surface area (Å²) in [5, 5.41) is 4.03. The van der Waals surface area contributed by atoms with E-state index in [2.05, 4.69) is 15.3 Å². The summed E-state index contributed by atoms with van der Waals surface area (Å²) >= 11 is 1.43. The lowest BCUT2D eigenvalue weighted by molar-refractivity contribution is 0.0928. The summed E-state index contributed by atoms with van der Waals surface area (Å²) in [6, 6.07) is 11.8. The van der Waals surface area contributed by atoms with Crippen molar-refractivity contribution in [3.8, 4) is 0 Å². The van der Waals surface area contributed by atoms with Gasteiger partial charge in [-0.1, -0.05) is 31.2 Å². The van der Waals surface area contributed by atoms with Gasteiger partial charge in [-0.3, -0.25) is 4.79 Å². The Morgan fingerprint density at radius 2 is 1.97 bits per heavy atom. The lowest BCUT2D eigenvalue weighted by atomic mass is 10.1. The van der Waals surface area contributed by atoms with Crippen molar-refractivity contribution >= 4 is 27.5 Å². The third-order valence-electron chi connectivity index (χ3n) is 5.08. The second-order valence-corrected chi connectivity index (χ2v) is 8.39. The summed E-state index contributed by atoms with van der Waals surface area (Å²) in [6.45, 7) is 7.34. The van der Waals surface area contributed by atoms with E-state index in [1.807, 2.05) is 57.2 Å². The van der Waals surface area contributed by atoms with Gasteiger partial charge in [-0.2, -0.15) is 0 Å². The zero-order valence-corrected chi connectivity index (χ0v) is 18.7. The Bertz CT molecular complexity index is 1200. The number of benzene rings is 1. The lowest BCUT2D eigenvalue weighted by Crippen LogP contribution is -2.22. The van der Waals surface area contributed by atoms with E-state index >= 15 is 0 Å². The predicted molar refractivity (Wildman–Crippen MR) is 121 cm³/mol. The van der Waals surface area contributed by atoms with E-state index in [1.54, 1.807) is 6.26 Å². The van der Waals surface area contributed by atoms with Crippen LogP contribution in [0.1, 0.15) is 50.6 Å². The number of fused-ring (bicyclic) bond motifs is 1. The molecule has 0 aliphatic rings. The summed E-state index contributed by atoms with van der Waals surface area (Å²) in [5.41, 5.74) is 3.94. The standard InChI is InChI=1S/C24H25N3O3S/c1-4-20-26-16(3)21-15(2)22(31-24(21)27-20)23(28)25-12-17-7-5-8-18(11-17)13-29-14-19-9-6-10-30-19/h5-11H,4,12-14H2,1-3H3,(H,25,28). The number of nitrogens with zero attached hydrogens (tertiary/aromatic N) is 2. The normalized spacial score (nSPS) is 11.2. The van der Waals surface area contributed by atoms with Gasteiger partial charge in [0.25, 0.3) is 5.91 Å². The van der Waals surface area contributed by atoms with Crippen molar-refractivity contribution in [1.82, 2.24) is 15.3 Å². The highest BCUT2D eigenvalue weighted by Crippen LogP contribution is 2.31. The third-order valence-corrected chi connectivity index (χ3v) is 6.26. The van der Waals surface area contributed by atoms with E-state index in [-0.39, 0.29) is 5.91 Å². The minimum atomic E-state index is -0.0857. The molecule has 0 unspecified atom stereocenters. The van der Waals surface area contributed by atoms with Crippen molar-refractivity contribution in [2.24, 2.45) is 0 Å². The number of amides is 1. The van der Waals surface area contributed by atoms with Crippen molar-refractivity contribution in [3.05, 3.63) is 81.5 Å². The minimum Gasteiger partial charge on any atom is -0.467 e. The zero-order valence-electron chi connectivity index (χ0n) is 17.9. The van der Waals surface area contributed by atoms with Crippen molar-refractivity contribution < 1.29 is 13.9 Å². The van der Waals surface area contributed by atoms with E-state index in [4.69, 9.17) is 9.15 Å². The number of hydrogen-bond donors (Lipinski definition) is 1. The van der Waals surface area contributed by atoms with Crippen LogP contribution in [-0.4, -0.2) is 15.9 Å². The Balaban J connectivity index is 1.40. The number of hydrogen-bond acceptors (Lipinski definition) is 6. The van der Waals surface area contributed by atoms with Gasteiger partial charge in [0.15, 0.2) is 0 Å². The largest absolute Gasteiger partial charge is 0.467 e. The van der Waals surface area contributed by atoms with Gasteiger partial charge in [-0.15, -0.1) is 11.3 Å². The van der Waals surface area contributed by atoms with Crippen LogP contribution in [0.3, 0.4) is 0 Å². The zero-order chi connectivity index (χ0) is 21.8. The average Bonchev–Trinajstić information content (AvgIpc) is 3.40. The van der Waals surface area contributed by atoms with Gasteiger partial charge in [-0.25, -0.2) is 9.97 Å². The number of thiophene rings is 1. The Morgan fingerprint density at radius 3 is 2.74 bits per heavy atom. The maximum absolute atomic E-state index is 12.9. The summed E-state index contributed by atoms with van der Waals surface area (Å²) < 4.78 is 11.0. The van der Waals surface area contributed by atoms with Crippen LogP contribution in [0.4, 0.5) is 0 Å². The molecule has 4 rings (SSSR count). The molecule has 31 heavy (non-hydrogen) atoms. The quantitative estimate of drug-likeness (QED) is 0.416. The lowest BCUT2D eigenvalue weighted by Gasteiger charge is -2.08. The van der Waals surface area contributed by atoms with Crippen molar-refractivity contribution in [2.45, 2.75) is 47.0 Å². The highest BCUT2D eigenvalue weighted by atomic mass is 32.1. The minimum absolute atomic E-state index is 0.0857. The monoisotopic (exact) mass is 435 g/mol. The summed E-state index contributed by atoms with van der Waals surface area (Å²) in [5.74, 6) is 1.52. The molecule has 1 amide bonds. The molecule has 3 heterocycles. The molecule has 0 atom stereocenters. The first-order valence-electron chi connectivity index (χ1n) is 10.3. The van der Waals surface area contributed by atoms with Gasteiger partial charge in [-0.05, 0) is 42.7 Å². The van der Waals surface area contributed by atoms with Crippen LogP contribution in [0.5, 0.6) is 0 Å². The van der Waals surface area contributed by atoms with Gasteiger partial charge in [0, 0.05) is 24.0 Å². The van der Waals surface area contributed by atoms with Crippen LogP contribution < -0.4 is 5.32 Å². The fourth-order valence-corrected chi connectivity index (χ4v) is 4.69. The topological polar surface area (TPSA) is 77.2 Å². The molecular weight excluding hydrogens is 410 g/mol. The number of furan rings is 1. The van der Waals surface area contributed by atoms with E-state index in [9.17, 15) is 4.79 Å². The van der Waals surface area contributed by atoms with Gasteiger partial charge < -0.3 is 14.5 Å². The maximum Gasteiger partial charge on any atom is 0.261 e. The molecule has 0 fully saturated rings. The highest BCUT2D eigenvalue weighted by molar-refractivity contribution is 7.20. The fraction of sp³-hybridized carbons (Fsp3) is 0.292. The number of carbonyl (C=O) groups excluding carboxylic acids is 1. The second kappa shape index (κ2) is 9.41. The summed E-state index contributed by atoms with van der Waals surface area (Å²) in [4.78, 5) is 23.6. The molecular formula is C24H25N3O3S. The number of carbonyl (C=O) groups is 1. The summed E-state index contributed by atoms with van der Waals surface area (Å²) in [6.07, 6.45) is 2.41. The molecule has 0 spiro atoms. The Hall–Kier alpha value is -3.03. The van der Waals surface area contributed by atoms with Crippen LogP contribution >= 0.6 is 11.3 Å². The Labute approximate surface area is 185 Å².